The Labute approximate surface area is 73.8 Å². The van der Waals surface area contributed by atoms with E-state index in [9.17, 15) is 0 Å². The largest absolute Gasteiger partial charge is 0.312 e. The Kier molecular flexibility index (Phi) is 2.13. The summed E-state index contributed by atoms with van der Waals surface area (Å²) in [6, 6.07) is 8.73. The number of hydrogen-bond acceptors (Lipinski definition) is 1. The molecule has 12 heavy (non-hydrogen) atoms. The van der Waals surface area contributed by atoms with Crippen LogP contribution in [0.3, 0.4) is 0 Å². The van der Waals surface area contributed by atoms with Crippen molar-refractivity contribution >= 4 is 0 Å². The lowest BCUT2D eigenvalue weighted by molar-refractivity contribution is 0.533. The van der Waals surface area contributed by atoms with E-state index in [1.54, 1.807) is 0 Å². The summed E-state index contributed by atoms with van der Waals surface area (Å²) in [5.74, 6) is 0.772. The molecule has 64 valence electrons. The van der Waals surface area contributed by atoms with Gasteiger partial charge in [0.2, 0.25) is 0 Å². The van der Waals surface area contributed by atoms with Gasteiger partial charge in [-0.05, 0) is 30.0 Å². The number of benzene rings is 1. The van der Waals surface area contributed by atoms with Crippen molar-refractivity contribution in [2.75, 3.05) is 6.54 Å². The lowest BCUT2D eigenvalue weighted by Gasteiger charge is -2.06. The predicted octanol–water partition coefficient (Wildman–Crippen LogP) is 1.97. The molecular formula is C11H15N. The summed E-state index contributed by atoms with van der Waals surface area (Å²) in [5, 5.41) is 3.45. The molecule has 0 saturated carbocycles. The number of rotatable bonds is 0. The van der Waals surface area contributed by atoms with Crippen molar-refractivity contribution in [3.63, 3.8) is 0 Å². The van der Waals surface area contributed by atoms with E-state index in [1.165, 1.54) is 17.5 Å². The quantitative estimate of drug-likeness (QED) is 0.613. The van der Waals surface area contributed by atoms with Crippen LogP contribution >= 0.6 is 0 Å². The van der Waals surface area contributed by atoms with E-state index in [-0.39, 0.29) is 0 Å². The molecule has 0 aromatic heterocycles. The Morgan fingerprint density at radius 1 is 1.25 bits per heavy atom. The zero-order valence-corrected chi connectivity index (χ0v) is 7.51. The van der Waals surface area contributed by atoms with Crippen molar-refractivity contribution < 1.29 is 0 Å². The SMILES string of the molecule is CC1CNCc2ccccc2C1. The number of nitrogens with one attached hydrogen (secondary N) is 1. The maximum absolute atomic E-state index is 3.45. The van der Waals surface area contributed by atoms with Gasteiger partial charge in [-0.25, -0.2) is 0 Å². The third kappa shape index (κ3) is 1.51. The molecular weight excluding hydrogens is 146 g/mol. The zero-order chi connectivity index (χ0) is 8.39. The van der Waals surface area contributed by atoms with Gasteiger partial charge in [0.1, 0.15) is 0 Å². The Morgan fingerprint density at radius 3 is 2.83 bits per heavy atom. The van der Waals surface area contributed by atoms with Gasteiger partial charge in [-0.2, -0.15) is 0 Å². The first-order valence-corrected chi connectivity index (χ1v) is 4.64. The minimum atomic E-state index is 0.772. The third-order valence-electron chi connectivity index (χ3n) is 2.50. The van der Waals surface area contributed by atoms with Crippen molar-refractivity contribution in [2.45, 2.75) is 19.9 Å². The summed E-state index contributed by atoms with van der Waals surface area (Å²) in [4.78, 5) is 0. The minimum Gasteiger partial charge on any atom is -0.312 e. The average Bonchev–Trinajstić information content (AvgIpc) is 2.25. The molecule has 1 N–H and O–H groups in total. The highest BCUT2D eigenvalue weighted by Gasteiger charge is 2.10. The van der Waals surface area contributed by atoms with Crippen LogP contribution in [0.1, 0.15) is 18.1 Å². The molecule has 1 nitrogen and oxygen atoms in total. The molecule has 1 heteroatoms. The molecule has 0 bridgehead atoms. The van der Waals surface area contributed by atoms with Crippen LogP contribution in [0.5, 0.6) is 0 Å². The second-order valence-corrected chi connectivity index (χ2v) is 3.71. The van der Waals surface area contributed by atoms with E-state index in [4.69, 9.17) is 0 Å². The normalized spacial score (nSPS) is 22.9. The second kappa shape index (κ2) is 3.28. The van der Waals surface area contributed by atoms with Crippen LogP contribution in [-0.4, -0.2) is 6.54 Å². The smallest absolute Gasteiger partial charge is 0.0208 e. The van der Waals surface area contributed by atoms with E-state index in [0.29, 0.717) is 0 Å². The Morgan fingerprint density at radius 2 is 2.00 bits per heavy atom. The van der Waals surface area contributed by atoms with Crippen molar-refractivity contribution in [1.82, 2.24) is 5.32 Å². The molecule has 0 spiro atoms. The van der Waals surface area contributed by atoms with Gasteiger partial charge in [-0.15, -0.1) is 0 Å². The first kappa shape index (κ1) is 7.81. The Balaban J connectivity index is 2.31. The van der Waals surface area contributed by atoms with Gasteiger partial charge in [0, 0.05) is 6.54 Å². The monoisotopic (exact) mass is 161 g/mol. The highest BCUT2D eigenvalue weighted by Crippen LogP contribution is 2.16. The average molecular weight is 161 g/mol. The highest BCUT2D eigenvalue weighted by atomic mass is 14.9. The molecule has 0 aliphatic carbocycles. The summed E-state index contributed by atoms with van der Waals surface area (Å²) in [5.41, 5.74) is 3.00. The van der Waals surface area contributed by atoms with E-state index < -0.39 is 0 Å². The van der Waals surface area contributed by atoms with Gasteiger partial charge in [-0.3, -0.25) is 0 Å². The standard InChI is InChI=1S/C11H15N/c1-9-6-10-4-2-3-5-11(10)8-12-7-9/h2-5,9,12H,6-8H2,1H3. The van der Waals surface area contributed by atoms with Crippen molar-refractivity contribution in [1.29, 1.82) is 0 Å². The molecule has 1 atom stereocenters. The predicted molar refractivity (Wildman–Crippen MR) is 51.0 cm³/mol. The summed E-state index contributed by atoms with van der Waals surface area (Å²) < 4.78 is 0. The van der Waals surface area contributed by atoms with Crippen molar-refractivity contribution in [3.05, 3.63) is 35.4 Å². The third-order valence-corrected chi connectivity index (χ3v) is 2.50. The number of fused-ring (bicyclic) bond motifs is 1. The van der Waals surface area contributed by atoms with Crippen molar-refractivity contribution in [2.24, 2.45) is 5.92 Å². The first-order chi connectivity index (χ1) is 5.86. The highest BCUT2D eigenvalue weighted by molar-refractivity contribution is 5.28. The van der Waals surface area contributed by atoms with E-state index in [2.05, 4.69) is 36.5 Å². The summed E-state index contributed by atoms with van der Waals surface area (Å²) in [6.07, 6.45) is 1.23. The molecule has 1 heterocycles. The van der Waals surface area contributed by atoms with Gasteiger partial charge in [0.25, 0.3) is 0 Å². The molecule has 1 aliphatic rings. The molecule has 0 saturated heterocycles. The zero-order valence-electron chi connectivity index (χ0n) is 7.51. The molecule has 0 amide bonds. The van der Waals surface area contributed by atoms with Gasteiger partial charge in [0.15, 0.2) is 0 Å². The Hall–Kier alpha value is -0.820. The van der Waals surface area contributed by atoms with Crippen LogP contribution in [0.15, 0.2) is 24.3 Å². The van der Waals surface area contributed by atoms with Crippen molar-refractivity contribution in [3.8, 4) is 0 Å². The van der Waals surface area contributed by atoms with Crippen LogP contribution in [0.25, 0.3) is 0 Å². The maximum atomic E-state index is 3.45. The Bertz CT molecular complexity index is 267. The fourth-order valence-electron chi connectivity index (χ4n) is 1.83. The van der Waals surface area contributed by atoms with E-state index >= 15 is 0 Å². The molecule has 1 aromatic carbocycles. The lowest BCUT2D eigenvalue weighted by Crippen LogP contribution is -2.17. The molecule has 0 radical (unpaired) electrons. The van der Waals surface area contributed by atoms with E-state index in [0.717, 1.165) is 19.0 Å². The van der Waals surface area contributed by atoms with Gasteiger partial charge >= 0.3 is 0 Å². The molecule has 0 fully saturated rings. The minimum absolute atomic E-state index is 0.772. The first-order valence-electron chi connectivity index (χ1n) is 4.64. The van der Waals surface area contributed by atoms with E-state index in [1.807, 2.05) is 0 Å². The van der Waals surface area contributed by atoms with Gasteiger partial charge in [-0.1, -0.05) is 31.2 Å². The van der Waals surface area contributed by atoms with Gasteiger partial charge in [0.05, 0.1) is 0 Å². The molecule has 1 aromatic rings. The molecule has 1 aliphatic heterocycles. The summed E-state index contributed by atoms with van der Waals surface area (Å²) in [6.45, 7) is 4.49. The van der Waals surface area contributed by atoms with Crippen LogP contribution in [0.2, 0.25) is 0 Å². The van der Waals surface area contributed by atoms with Crippen LogP contribution in [0, 0.1) is 5.92 Å². The summed E-state index contributed by atoms with van der Waals surface area (Å²) in [7, 11) is 0. The fourth-order valence-corrected chi connectivity index (χ4v) is 1.83. The maximum Gasteiger partial charge on any atom is 0.0208 e. The van der Waals surface area contributed by atoms with Gasteiger partial charge < -0.3 is 5.32 Å². The molecule has 1 unspecified atom stereocenters. The fraction of sp³-hybridized carbons (Fsp3) is 0.455. The number of hydrogen-bond donors (Lipinski definition) is 1. The summed E-state index contributed by atoms with van der Waals surface area (Å²) >= 11 is 0. The van der Waals surface area contributed by atoms with Crippen LogP contribution < -0.4 is 5.32 Å². The lowest BCUT2D eigenvalue weighted by atomic mass is 9.99. The second-order valence-electron chi connectivity index (χ2n) is 3.71. The van der Waals surface area contributed by atoms with Crippen LogP contribution in [-0.2, 0) is 13.0 Å². The molecule has 2 rings (SSSR count). The van der Waals surface area contributed by atoms with Crippen LogP contribution in [0.4, 0.5) is 0 Å². The topological polar surface area (TPSA) is 12.0 Å².